The molecule has 1 aromatic rings. The van der Waals surface area contributed by atoms with Crippen LogP contribution in [0.2, 0.25) is 0 Å². The van der Waals surface area contributed by atoms with E-state index in [4.69, 9.17) is 0 Å². The minimum absolute atomic E-state index is 0.285. The van der Waals surface area contributed by atoms with E-state index >= 15 is 0 Å². The topological polar surface area (TPSA) is 29.5 Å². The van der Waals surface area contributed by atoms with Gasteiger partial charge in [-0.3, -0.25) is 4.79 Å². The van der Waals surface area contributed by atoms with Crippen molar-refractivity contribution in [2.75, 3.05) is 20.2 Å². The maximum atomic E-state index is 14.8. The van der Waals surface area contributed by atoms with Crippen LogP contribution in [0.15, 0.2) is 6.07 Å². The smallest absolute Gasteiger partial charge is 0.257 e. The summed E-state index contributed by atoms with van der Waals surface area (Å²) in [6.45, 7) is 9.38. The first kappa shape index (κ1) is 26.3. The minimum Gasteiger partial charge on any atom is -0.491 e. The van der Waals surface area contributed by atoms with E-state index in [1.165, 1.54) is 0 Å². The standard InChI is InChI=1S/C24H38F3NO2/c1-6-10-12-17(8-3)15-28(16-18(9-4)13-11-7-2)24(29)19-14-20(25)22(27)23(30-5)21(19)26/h14,17-18H,6-13,15-16H2,1-5H3. The summed E-state index contributed by atoms with van der Waals surface area (Å²) < 4.78 is 47.3. The predicted octanol–water partition coefficient (Wildman–Crippen LogP) is 6.99. The number of hydrogen-bond acceptors (Lipinski definition) is 2. The lowest BCUT2D eigenvalue weighted by molar-refractivity contribution is 0.0678. The van der Waals surface area contributed by atoms with Crippen molar-refractivity contribution in [2.45, 2.75) is 79.1 Å². The van der Waals surface area contributed by atoms with Crippen LogP contribution in [0.5, 0.6) is 5.75 Å². The summed E-state index contributed by atoms with van der Waals surface area (Å²) in [5.74, 6) is -4.73. The van der Waals surface area contributed by atoms with Crippen LogP contribution < -0.4 is 4.74 Å². The van der Waals surface area contributed by atoms with Gasteiger partial charge in [0.25, 0.3) is 5.91 Å². The number of methoxy groups -OCH3 is 1. The second-order valence-corrected chi connectivity index (χ2v) is 8.11. The zero-order valence-corrected chi connectivity index (χ0v) is 19.2. The van der Waals surface area contributed by atoms with Gasteiger partial charge >= 0.3 is 0 Å². The molecule has 0 spiro atoms. The molecular formula is C24H38F3NO2. The number of hydrogen-bond donors (Lipinski definition) is 0. The average molecular weight is 430 g/mol. The van der Waals surface area contributed by atoms with Crippen molar-refractivity contribution in [3.05, 3.63) is 29.1 Å². The molecule has 0 heterocycles. The number of carbonyl (C=O) groups is 1. The Hall–Kier alpha value is -1.72. The molecule has 2 atom stereocenters. The third-order valence-electron chi connectivity index (χ3n) is 5.88. The van der Waals surface area contributed by atoms with Crippen LogP contribution in [0, 0.1) is 29.3 Å². The molecule has 1 rings (SSSR count). The van der Waals surface area contributed by atoms with Crippen molar-refractivity contribution in [1.82, 2.24) is 4.90 Å². The van der Waals surface area contributed by atoms with E-state index in [0.29, 0.717) is 19.2 Å². The lowest BCUT2D eigenvalue weighted by Gasteiger charge is -2.31. The molecule has 0 saturated carbocycles. The van der Waals surface area contributed by atoms with Crippen molar-refractivity contribution in [1.29, 1.82) is 0 Å². The van der Waals surface area contributed by atoms with Crippen LogP contribution in [0.1, 0.15) is 89.4 Å². The van der Waals surface area contributed by atoms with E-state index in [1.54, 1.807) is 4.90 Å². The van der Waals surface area contributed by atoms with Crippen LogP contribution in [-0.4, -0.2) is 31.0 Å². The molecule has 30 heavy (non-hydrogen) atoms. The molecule has 0 saturated heterocycles. The molecule has 0 fully saturated rings. The highest BCUT2D eigenvalue weighted by atomic mass is 19.2. The van der Waals surface area contributed by atoms with E-state index in [1.807, 2.05) is 0 Å². The molecule has 2 unspecified atom stereocenters. The molecule has 0 aromatic heterocycles. The van der Waals surface area contributed by atoms with Gasteiger partial charge in [-0.2, -0.15) is 4.39 Å². The molecule has 3 nitrogen and oxygen atoms in total. The number of nitrogens with zero attached hydrogens (tertiary/aromatic N) is 1. The maximum absolute atomic E-state index is 14.8. The number of benzene rings is 1. The molecule has 1 aromatic carbocycles. The Labute approximate surface area is 180 Å². The third-order valence-corrected chi connectivity index (χ3v) is 5.88. The highest BCUT2D eigenvalue weighted by molar-refractivity contribution is 5.95. The Morgan fingerprint density at radius 3 is 1.83 bits per heavy atom. The Kier molecular flexibility index (Phi) is 11.9. The molecule has 0 N–H and O–H groups in total. The Balaban J connectivity index is 3.25. The zero-order valence-electron chi connectivity index (χ0n) is 19.2. The monoisotopic (exact) mass is 429 g/mol. The van der Waals surface area contributed by atoms with Crippen molar-refractivity contribution < 1.29 is 22.7 Å². The van der Waals surface area contributed by atoms with E-state index < -0.39 is 34.7 Å². The van der Waals surface area contributed by atoms with E-state index in [-0.39, 0.29) is 11.8 Å². The molecule has 0 aliphatic carbocycles. The lowest BCUT2D eigenvalue weighted by atomic mass is 9.95. The molecule has 6 heteroatoms. The fourth-order valence-corrected chi connectivity index (χ4v) is 3.78. The van der Waals surface area contributed by atoms with Gasteiger partial charge in [-0.05, 0) is 30.7 Å². The van der Waals surface area contributed by atoms with Crippen LogP contribution >= 0.6 is 0 Å². The minimum atomic E-state index is -1.41. The second kappa shape index (κ2) is 13.6. The number of unbranched alkanes of at least 4 members (excludes halogenated alkanes) is 2. The molecule has 172 valence electrons. The van der Waals surface area contributed by atoms with Gasteiger partial charge in [0, 0.05) is 13.1 Å². The van der Waals surface area contributed by atoms with Gasteiger partial charge in [-0.15, -0.1) is 0 Å². The number of carbonyl (C=O) groups excluding carboxylic acids is 1. The molecule has 1 amide bonds. The number of rotatable bonds is 14. The summed E-state index contributed by atoms with van der Waals surface area (Å²) in [6.07, 6.45) is 8.00. The number of amides is 1. The lowest BCUT2D eigenvalue weighted by Crippen LogP contribution is -2.39. The predicted molar refractivity (Wildman–Crippen MR) is 115 cm³/mol. The Morgan fingerprint density at radius 1 is 0.933 bits per heavy atom. The summed E-state index contributed by atoms with van der Waals surface area (Å²) in [4.78, 5) is 14.9. The molecule has 0 bridgehead atoms. The second-order valence-electron chi connectivity index (χ2n) is 8.11. The molecular weight excluding hydrogens is 391 g/mol. The molecule has 0 aliphatic rings. The van der Waals surface area contributed by atoms with Gasteiger partial charge in [-0.25, -0.2) is 8.78 Å². The van der Waals surface area contributed by atoms with Gasteiger partial charge in [0.2, 0.25) is 5.82 Å². The number of halogens is 3. The van der Waals surface area contributed by atoms with Gasteiger partial charge in [0.1, 0.15) is 0 Å². The Bertz CT molecular complexity index is 648. The van der Waals surface area contributed by atoms with E-state index in [9.17, 15) is 18.0 Å². The van der Waals surface area contributed by atoms with Gasteiger partial charge in [0.05, 0.1) is 12.7 Å². The quantitative estimate of drug-likeness (QED) is 0.298. The molecule has 0 radical (unpaired) electrons. The Morgan fingerprint density at radius 2 is 1.43 bits per heavy atom. The average Bonchev–Trinajstić information content (AvgIpc) is 2.75. The third kappa shape index (κ3) is 7.21. The summed E-state index contributed by atoms with van der Waals surface area (Å²) in [7, 11) is 1.06. The van der Waals surface area contributed by atoms with Crippen LogP contribution in [0.3, 0.4) is 0 Å². The van der Waals surface area contributed by atoms with Crippen molar-refractivity contribution in [2.24, 2.45) is 11.8 Å². The summed E-state index contributed by atoms with van der Waals surface area (Å²) in [5, 5.41) is 0. The highest BCUT2D eigenvalue weighted by Gasteiger charge is 2.29. The fourth-order valence-electron chi connectivity index (χ4n) is 3.78. The van der Waals surface area contributed by atoms with E-state index in [2.05, 4.69) is 32.4 Å². The van der Waals surface area contributed by atoms with Gasteiger partial charge in [0.15, 0.2) is 17.4 Å². The largest absolute Gasteiger partial charge is 0.491 e. The highest BCUT2D eigenvalue weighted by Crippen LogP contribution is 2.29. The first-order valence-electron chi connectivity index (χ1n) is 11.3. The van der Waals surface area contributed by atoms with E-state index in [0.717, 1.165) is 58.5 Å². The van der Waals surface area contributed by atoms with Gasteiger partial charge < -0.3 is 9.64 Å². The van der Waals surface area contributed by atoms with Crippen LogP contribution in [0.25, 0.3) is 0 Å². The van der Waals surface area contributed by atoms with Crippen molar-refractivity contribution in [3.63, 3.8) is 0 Å². The van der Waals surface area contributed by atoms with Crippen molar-refractivity contribution in [3.8, 4) is 5.75 Å². The van der Waals surface area contributed by atoms with Gasteiger partial charge in [-0.1, -0.05) is 66.2 Å². The number of ether oxygens (including phenoxy) is 1. The summed E-state index contributed by atoms with van der Waals surface area (Å²) in [6, 6.07) is 0.655. The van der Waals surface area contributed by atoms with Crippen LogP contribution in [-0.2, 0) is 0 Å². The normalized spacial score (nSPS) is 13.2. The SMILES string of the molecule is CCCCC(CC)CN(CC(CC)CCCC)C(=O)c1cc(F)c(F)c(OC)c1F. The maximum Gasteiger partial charge on any atom is 0.257 e. The first-order chi connectivity index (χ1) is 14.3. The first-order valence-corrected chi connectivity index (χ1v) is 11.3. The zero-order chi connectivity index (χ0) is 22.7. The van der Waals surface area contributed by atoms with Crippen molar-refractivity contribution >= 4 is 5.91 Å². The summed E-state index contributed by atoms with van der Waals surface area (Å²) in [5.41, 5.74) is -0.471. The van der Waals surface area contributed by atoms with Crippen LogP contribution in [0.4, 0.5) is 13.2 Å². The summed E-state index contributed by atoms with van der Waals surface area (Å²) >= 11 is 0. The fraction of sp³-hybridized carbons (Fsp3) is 0.708. The molecule has 0 aliphatic heterocycles.